The number of hydrogen-bond acceptors (Lipinski definition) is 6. The lowest BCUT2D eigenvalue weighted by molar-refractivity contribution is -0.141. The van der Waals surface area contributed by atoms with Crippen molar-refractivity contribution in [2.75, 3.05) is 43.0 Å². The highest BCUT2D eigenvalue weighted by Crippen LogP contribution is 2.20. The molecule has 7 heteroatoms. The molecule has 2 fully saturated rings. The van der Waals surface area contributed by atoms with Crippen molar-refractivity contribution < 1.29 is 9.53 Å². The molecule has 0 radical (unpaired) electrons. The van der Waals surface area contributed by atoms with E-state index in [-0.39, 0.29) is 12.0 Å². The number of aryl methyl sites for hydroxylation is 1. The molecule has 0 aliphatic carbocycles. The minimum Gasteiger partial charge on any atom is -0.368 e. The van der Waals surface area contributed by atoms with Crippen LogP contribution in [-0.2, 0) is 9.53 Å². The van der Waals surface area contributed by atoms with Crippen molar-refractivity contribution in [3.63, 3.8) is 0 Å². The predicted molar refractivity (Wildman–Crippen MR) is 104 cm³/mol. The molecule has 7 nitrogen and oxygen atoms in total. The van der Waals surface area contributed by atoms with Gasteiger partial charge in [0.05, 0.1) is 0 Å². The summed E-state index contributed by atoms with van der Waals surface area (Å²) < 4.78 is 5.51. The molecular weight excluding hydrogens is 342 g/mol. The normalized spacial score (nSPS) is 20.0. The Morgan fingerprint density at radius 3 is 2.48 bits per heavy atom. The number of nitrogens with one attached hydrogen (secondary N) is 1. The Bertz CT molecular complexity index is 764. The highest BCUT2D eigenvalue weighted by atomic mass is 16.5. The molecule has 4 rings (SSSR count). The molecule has 2 aromatic rings. The van der Waals surface area contributed by atoms with Crippen LogP contribution in [0.15, 0.2) is 36.4 Å². The van der Waals surface area contributed by atoms with E-state index >= 15 is 0 Å². The van der Waals surface area contributed by atoms with Gasteiger partial charge in [0.2, 0.25) is 0 Å². The smallest absolute Gasteiger partial charge is 0.251 e. The van der Waals surface area contributed by atoms with Crippen molar-refractivity contribution in [1.29, 1.82) is 0 Å². The number of carbonyl (C=O) groups is 1. The van der Waals surface area contributed by atoms with Crippen LogP contribution in [0.3, 0.4) is 0 Å². The molecule has 1 amide bonds. The van der Waals surface area contributed by atoms with Crippen LogP contribution < -0.4 is 10.2 Å². The van der Waals surface area contributed by atoms with Crippen molar-refractivity contribution >= 4 is 23.2 Å². The topological polar surface area (TPSA) is 70.6 Å². The Morgan fingerprint density at radius 2 is 1.85 bits per heavy atom. The summed E-state index contributed by atoms with van der Waals surface area (Å²) in [6.45, 7) is 5.69. The summed E-state index contributed by atoms with van der Waals surface area (Å²) in [6, 6.07) is 12.1. The molecule has 0 unspecified atom stereocenters. The molecule has 2 aliphatic heterocycles. The van der Waals surface area contributed by atoms with Crippen molar-refractivity contribution in [3.05, 3.63) is 42.0 Å². The molecule has 2 saturated heterocycles. The number of nitrogens with zero attached hydrogens (tertiary/aromatic N) is 4. The number of rotatable bonds is 4. The second-order valence-corrected chi connectivity index (χ2v) is 7.08. The summed E-state index contributed by atoms with van der Waals surface area (Å²) in [5, 5.41) is 11.9. The number of amides is 1. The van der Waals surface area contributed by atoms with Gasteiger partial charge in [-0.3, -0.25) is 4.79 Å². The van der Waals surface area contributed by atoms with Gasteiger partial charge in [-0.25, -0.2) is 0 Å². The van der Waals surface area contributed by atoms with E-state index in [1.54, 1.807) is 0 Å². The van der Waals surface area contributed by atoms with Gasteiger partial charge in [0.15, 0.2) is 11.6 Å². The first-order valence-corrected chi connectivity index (χ1v) is 9.52. The number of ether oxygens (including phenoxy) is 1. The van der Waals surface area contributed by atoms with E-state index in [0.717, 1.165) is 43.3 Å². The molecule has 3 heterocycles. The Labute approximate surface area is 159 Å². The first kappa shape index (κ1) is 17.7. The van der Waals surface area contributed by atoms with Gasteiger partial charge < -0.3 is 19.9 Å². The van der Waals surface area contributed by atoms with Gasteiger partial charge in [0.25, 0.3) is 5.91 Å². The number of piperazine rings is 1. The summed E-state index contributed by atoms with van der Waals surface area (Å²) in [7, 11) is 0. The van der Waals surface area contributed by atoms with Crippen molar-refractivity contribution in [3.8, 4) is 0 Å². The van der Waals surface area contributed by atoms with E-state index in [1.165, 1.54) is 5.56 Å². The van der Waals surface area contributed by atoms with Gasteiger partial charge in [-0.15, -0.1) is 10.2 Å². The van der Waals surface area contributed by atoms with E-state index in [2.05, 4.69) is 39.5 Å². The van der Waals surface area contributed by atoms with Crippen LogP contribution >= 0.6 is 0 Å². The van der Waals surface area contributed by atoms with Gasteiger partial charge in [0.1, 0.15) is 6.10 Å². The minimum atomic E-state index is -0.233. The zero-order valence-corrected chi connectivity index (χ0v) is 15.6. The van der Waals surface area contributed by atoms with Crippen LogP contribution in [0.5, 0.6) is 0 Å². The maximum absolute atomic E-state index is 12.4. The Kier molecular flexibility index (Phi) is 5.20. The molecule has 0 saturated carbocycles. The number of anilines is 3. The van der Waals surface area contributed by atoms with Crippen molar-refractivity contribution in [2.24, 2.45) is 0 Å². The SMILES string of the molecule is Cc1ccc(Nc2ccc(N3CCN(C(=O)[C@H]4CCCO4)CC3)nn2)cc1. The van der Waals surface area contributed by atoms with Crippen molar-refractivity contribution in [1.82, 2.24) is 15.1 Å². The summed E-state index contributed by atoms with van der Waals surface area (Å²) in [4.78, 5) is 16.5. The van der Waals surface area contributed by atoms with Crippen LogP contribution in [0.25, 0.3) is 0 Å². The lowest BCUT2D eigenvalue weighted by Crippen LogP contribution is -2.51. The highest BCUT2D eigenvalue weighted by Gasteiger charge is 2.30. The quantitative estimate of drug-likeness (QED) is 0.895. The Morgan fingerprint density at radius 1 is 1.07 bits per heavy atom. The fourth-order valence-electron chi connectivity index (χ4n) is 3.48. The average molecular weight is 367 g/mol. The first-order chi connectivity index (χ1) is 13.2. The van der Waals surface area contributed by atoms with E-state index < -0.39 is 0 Å². The number of carbonyl (C=O) groups excluding carboxylic acids is 1. The lowest BCUT2D eigenvalue weighted by atomic mass is 10.2. The van der Waals surface area contributed by atoms with Crippen LogP contribution in [0, 0.1) is 6.92 Å². The highest BCUT2D eigenvalue weighted by molar-refractivity contribution is 5.81. The molecule has 1 aromatic carbocycles. The number of benzene rings is 1. The third-order valence-corrected chi connectivity index (χ3v) is 5.09. The molecule has 27 heavy (non-hydrogen) atoms. The summed E-state index contributed by atoms with van der Waals surface area (Å²) in [5.41, 5.74) is 2.21. The average Bonchev–Trinajstić information content (AvgIpc) is 3.25. The van der Waals surface area contributed by atoms with Gasteiger partial charge in [0, 0.05) is 38.5 Å². The van der Waals surface area contributed by atoms with E-state index in [0.29, 0.717) is 19.7 Å². The van der Waals surface area contributed by atoms with Crippen LogP contribution in [-0.4, -0.2) is 59.9 Å². The number of hydrogen-bond donors (Lipinski definition) is 1. The molecule has 1 N–H and O–H groups in total. The summed E-state index contributed by atoms with van der Waals surface area (Å²) >= 11 is 0. The van der Waals surface area contributed by atoms with E-state index in [9.17, 15) is 4.79 Å². The lowest BCUT2D eigenvalue weighted by Gasteiger charge is -2.36. The Balaban J connectivity index is 1.32. The molecule has 0 spiro atoms. The zero-order chi connectivity index (χ0) is 18.6. The maximum atomic E-state index is 12.4. The fraction of sp³-hybridized carbons (Fsp3) is 0.450. The third-order valence-electron chi connectivity index (χ3n) is 5.09. The zero-order valence-electron chi connectivity index (χ0n) is 15.6. The van der Waals surface area contributed by atoms with Gasteiger partial charge in [-0.1, -0.05) is 17.7 Å². The van der Waals surface area contributed by atoms with Crippen LogP contribution in [0.2, 0.25) is 0 Å². The third kappa shape index (κ3) is 4.19. The van der Waals surface area contributed by atoms with Gasteiger partial charge in [-0.05, 0) is 44.0 Å². The van der Waals surface area contributed by atoms with E-state index in [4.69, 9.17) is 4.74 Å². The fourth-order valence-corrected chi connectivity index (χ4v) is 3.48. The monoisotopic (exact) mass is 367 g/mol. The van der Waals surface area contributed by atoms with Crippen LogP contribution in [0.1, 0.15) is 18.4 Å². The largest absolute Gasteiger partial charge is 0.368 e. The molecule has 142 valence electrons. The van der Waals surface area contributed by atoms with E-state index in [1.807, 2.05) is 29.2 Å². The molecule has 1 atom stereocenters. The van der Waals surface area contributed by atoms with Gasteiger partial charge in [-0.2, -0.15) is 0 Å². The second kappa shape index (κ2) is 7.92. The standard InChI is InChI=1S/C20H25N5O2/c1-15-4-6-16(7-5-15)21-18-8-9-19(23-22-18)24-10-12-25(13-11-24)20(26)17-3-2-14-27-17/h4-9,17H,2-3,10-14H2,1H3,(H,21,22)/t17-/m1/s1. The molecule has 0 bridgehead atoms. The minimum absolute atomic E-state index is 0.135. The number of aromatic nitrogens is 2. The molecular formula is C20H25N5O2. The molecule has 1 aromatic heterocycles. The molecule has 2 aliphatic rings. The maximum Gasteiger partial charge on any atom is 0.251 e. The van der Waals surface area contributed by atoms with Crippen molar-refractivity contribution in [2.45, 2.75) is 25.9 Å². The summed E-state index contributed by atoms with van der Waals surface area (Å²) in [6.07, 6.45) is 1.60. The Hall–Kier alpha value is -2.67. The second-order valence-electron chi connectivity index (χ2n) is 7.08. The summed E-state index contributed by atoms with van der Waals surface area (Å²) in [5.74, 6) is 1.69. The first-order valence-electron chi connectivity index (χ1n) is 9.52. The van der Waals surface area contributed by atoms with Crippen LogP contribution in [0.4, 0.5) is 17.3 Å². The van der Waals surface area contributed by atoms with Gasteiger partial charge >= 0.3 is 0 Å². The predicted octanol–water partition coefficient (Wildman–Crippen LogP) is 2.36.